The molecule has 0 N–H and O–H groups in total. The molecule has 0 aromatic carbocycles. The summed E-state index contributed by atoms with van der Waals surface area (Å²) in [6.45, 7) is 4.90. The van der Waals surface area contributed by atoms with Crippen molar-refractivity contribution in [2.45, 2.75) is 32.7 Å². The Morgan fingerprint density at radius 2 is 2.25 bits per heavy atom. The third-order valence-electron chi connectivity index (χ3n) is 3.82. The molecule has 2 aromatic heterocycles. The number of hydrogen-bond donors (Lipinski definition) is 0. The summed E-state index contributed by atoms with van der Waals surface area (Å²) in [6.07, 6.45) is 2.50. The SMILES string of the molecule is CC(C)c1nc2cccnc2n1CC1CCS(=O)(=O)C1. The van der Waals surface area contributed by atoms with Crippen molar-refractivity contribution in [1.82, 2.24) is 14.5 Å². The number of nitrogens with zero attached hydrogens (tertiary/aromatic N) is 3. The van der Waals surface area contributed by atoms with Gasteiger partial charge in [0.25, 0.3) is 0 Å². The lowest BCUT2D eigenvalue weighted by Crippen LogP contribution is -2.15. The van der Waals surface area contributed by atoms with Crippen LogP contribution in [0.2, 0.25) is 0 Å². The number of imidazole rings is 1. The molecular formula is C14H19N3O2S. The van der Waals surface area contributed by atoms with Crippen LogP contribution in [0.3, 0.4) is 0 Å². The van der Waals surface area contributed by atoms with Crippen LogP contribution in [0, 0.1) is 5.92 Å². The van der Waals surface area contributed by atoms with Crippen LogP contribution < -0.4 is 0 Å². The first kappa shape index (κ1) is 13.5. The zero-order valence-electron chi connectivity index (χ0n) is 11.8. The lowest BCUT2D eigenvalue weighted by Gasteiger charge is -2.14. The Kier molecular flexibility index (Phi) is 3.28. The van der Waals surface area contributed by atoms with Crippen molar-refractivity contribution < 1.29 is 8.42 Å². The molecule has 1 aliphatic heterocycles. The summed E-state index contributed by atoms with van der Waals surface area (Å²) in [6, 6.07) is 3.83. The summed E-state index contributed by atoms with van der Waals surface area (Å²) in [5.74, 6) is 2.06. The first-order valence-corrected chi connectivity index (χ1v) is 8.80. The largest absolute Gasteiger partial charge is 0.312 e. The Morgan fingerprint density at radius 3 is 2.90 bits per heavy atom. The van der Waals surface area contributed by atoms with Crippen molar-refractivity contribution >= 4 is 21.0 Å². The molecule has 6 heteroatoms. The average Bonchev–Trinajstić information content (AvgIpc) is 2.91. The molecule has 0 saturated carbocycles. The van der Waals surface area contributed by atoms with Crippen molar-refractivity contribution in [3.63, 3.8) is 0 Å². The van der Waals surface area contributed by atoms with Gasteiger partial charge in [0.2, 0.25) is 0 Å². The van der Waals surface area contributed by atoms with Crippen LogP contribution in [0.1, 0.15) is 32.0 Å². The first-order chi connectivity index (χ1) is 9.46. The fourth-order valence-electron chi connectivity index (χ4n) is 2.87. The molecule has 0 radical (unpaired) electrons. The van der Waals surface area contributed by atoms with Gasteiger partial charge in [0.1, 0.15) is 11.3 Å². The Morgan fingerprint density at radius 1 is 1.45 bits per heavy atom. The molecule has 1 saturated heterocycles. The van der Waals surface area contributed by atoms with Crippen LogP contribution in [-0.4, -0.2) is 34.5 Å². The number of pyridine rings is 1. The molecule has 1 aliphatic rings. The van der Waals surface area contributed by atoms with E-state index in [9.17, 15) is 8.42 Å². The molecule has 1 fully saturated rings. The van der Waals surface area contributed by atoms with Crippen molar-refractivity contribution in [3.8, 4) is 0 Å². The summed E-state index contributed by atoms with van der Waals surface area (Å²) in [5, 5.41) is 0. The second kappa shape index (κ2) is 4.84. The highest BCUT2D eigenvalue weighted by Crippen LogP contribution is 2.25. The van der Waals surface area contributed by atoms with E-state index in [2.05, 4.69) is 28.4 Å². The van der Waals surface area contributed by atoms with Crippen LogP contribution in [0.5, 0.6) is 0 Å². The molecule has 3 rings (SSSR count). The molecule has 1 unspecified atom stereocenters. The van der Waals surface area contributed by atoms with Crippen LogP contribution in [0.15, 0.2) is 18.3 Å². The molecule has 0 amide bonds. The molecule has 1 atom stereocenters. The van der Waals surface area contributed by atoms with E-state index in [4.69, 9.17) is 0 Å². The number of aromatic nitrogens is 3. The second-order valence-electron chi connectivity index (χ2n) is 5.85. The van der Waals surface area contributed by atoms with Gasteiger partial charge in [0, 0.05) is 18.7 Å². The molecule has 0 spiro atoms. The summed E-state index contributed by atoms with van der Waals surface area (Å²) in [5.41, 5.74) is 1.75. The van der Waals surface area contributed by atoms with E-state index in [0.29, 0.717) is 18.2 Å². The minimum atomic E-state index is -2.84. The second-order valence-corrected chi connectivity index (χ2v) is 8.08. The molecule has 3 heterocycles. The van der Waals surface area contributed by atoms with Gasteiger partial charge in [0.15, 0.2) is 15.5 Å². The van der Waals surface area contributed by atoms with E-state index in [0.717, 1.165) is 23.4 Å². The highest BCUT2D eigenvalue weighted by molar-refractivity contribution is 7.91. The molecule has 0 aliphatic carbocycles. The number of hydrogen-bond acceptors (Lipinski definition) is 4. The Labute approximate surface area is 119 Å². The number of sulfone groups is 1. The Hall–Kier alpha value is -1.43. The summed E-state index contributed by atoms with van der Waals surface area (Å²) in [4.78, 5) is 9.06. The van der Waals surface area contributed by atoms with E-state index in [-0.39, 0.29) is 11.7 Å². The van der Waals surface area contributed by atoms with E-state index in [1.165, 1.54) is 0 Å². The average molecular weight is 293 g/mol. The normalized spacial score (nSPS) is 21.9. The van der Waals surface area contributed by atoms with Crippen LogP contribution in [0.4, 0.5) is 0 Å². The minimum Gasteiger partial charge on any atom is -0.312 e. The highest BCUT2D eigenvalue weighted by atomic mass is 32.2. The van der Waals surface area contributed by atoms with Crippen molar-refractivity contribution in [2.75, 3.05) is 11.5 Å². The van der Waals surface area contributed by atoms with Gasteiger partial charge in [-0.15, -0.1) is 0 Å². The van der Waals surface area contributed by atoms with Gasteiger partial charge < -0.3 is 4.57 Å². The zero-order chi connectivity index (χ0) is 14.3. The fourth-order valence-corrected chi connectivity index (χ4v) is 4.72. The van der Waals surface area contributed by atoms with Gasteiger partial charge in [-0.1, -0.05) is 13.8 Å². The van der Waals surface area contributed by atoms with E-state index < -0.39 is 9.84 Å². The molecule has 108 valence electrons. The fraction of sp³-hybridized carbons (Fsp3) is 0.571. The molecule has 2 aromatic rings. The maximum atomic E-state index is 11.6. The van der Waals surface area contributed by atoms with Crippen LogP contribution >= 0.6 is 0 Å². The summed E-state index contributed by atoms with van der Waals surface area (Å²) >= 11 is 0. The van der Waals surface area contributed by atoms with Crippen molar-refractivity contribution in [1.29, 1.82) is 0 Å². The topological polar surface area (TPSA) is 64.8 Å². The van der Waals surface area contributed by atoms with Crippen LogP contribution in [-0.2, 0) is 16.4 Å². The molecule has 0 bridgehead atoms. The quantitative estimate of drug-likeness (QED) is 0.868. The molecule has 20 heavy (non-hydrogen) atoms. The van der Waals surface area contributed by atoms with Crippen molar-refractivity contribution in [3.05, 3.63) is 24.2 Å². The molecule has 5 nitrogen and oxygen atoms in total. The van der Waals surface area contributed by atoms with Gasteiger partial charge >= 0.3 is 0 Å². The standard InChI is InChI=1S/C14H19N3O2S/c1-10(2)13-16-12-4-3-6-15-14(12)17(13)8-11-5-7-20(18,19)9-11/h3-4,6,10-11H,5,7-9H2,1-2H3. The van der Waals surface area contributed by atoms with Gasteiger partial charge in [-0.3, -0.25) is 0 Å². The third kappa shape index (κ3) is 2.44. The summed E-state index contributed by atoms with van der Waals surface area (Å²) in [7, 11) is -2.84. The molecular weight excluding hydrogens is 274 g/mol. The van der Waals surface area contributed by atoms with Gasteiger partial charge in [-0.05, 0) is 24.5 Å². The first-order valence-electron chi connectivity index (χ1n) is 6.98. The van der Waals surface area contributed by atoms with Crippen LogP contribution in [0.25, 0.3) is 11.2 Å². The van der Waals surface area contributed by atoms with Crippen molar-refractivity contribution in [2.24, 2.45) is 5.92 Å². The van der Waals surface area contributed by atoms with Gasteiger partial charge in [-0.2, -0.15) is 0 Å². The van der Waals surface area contributed by atoms with Gasteiger partial charge in [0.05, 0.1) is 11.5 Å². The smallest absolute Gasteiger partial charge is 0.160 e. The van der Waals surface area contributed by atoms with E-state index in [1.807, 2.05) is 12.1 Å². The highest BCUT2D eigenvalue weighted by Gasteiger charge is 2.29. The lowest BCUT2D eigenvalue weighted by molar-refractivity contribution is 0.478. The Bertz CT molecular complexity index is 734. The summed E-state index contributed by atoms with van der Waals surface area (Å²) < 4.78 is 25.3. The maximum Gasteiger partial charge on any atom is 0.160 e. The predicted octanol–water partition coefficient (Wildman–Crippen LogP) is 1.99. The Balaban J connectivity index is 1.99. The van der Waals surface area contributed by atoms with Gasteiger partial charge in [-0.25, -0.2) is 18.4 Å². The monoisotopic (exact) mass is 293 g/mol. The third-order valence-corrected chi connectivity index (χ3v) is 5.65. The maximum absolute atomic E-state index is 11.6. The zero-order valence-corrected chi connectivity index (χ0v) is 12.6. The lowest BCUT2D eigenvalue weighted by atomic mass is 10.1. The minimum absolute atomic E-state index is 0.178. The predicted molar refractivity (Wildman–Crippen MR) is 78.4 cm³/mol. The number of rotatable bonds is 3. The number of fused-ring (bicyclic) bond motifs is 1. The van der Waals surface area contributed by atoms with E-state index >= 15 is 0 Å². The van der Waals surface area contributed by atoms with E-state index in [1.54, 1.807) is 6.20 Å².